The highest BCUT2D eigenvalue weighted by molar-refractivity contribution is 5.72. The Balaban J connectivity index is 1.24. The monoisotopic (exact) mass is 468 g/mol. The summed E-state index contributed by atoms with van der Waals surface area (Å²) in [7, 11) is 1.42. The molecule has 0 bridgehead atoms. The molecule has 1 aromatic rings. The average molecular weight is 469 g/mol. The Morgan fingerprint density at radius 3 is 2.33 bits per heavy atom. The molecule has 1 saturated carbocycles. The average Bonchev–Trinajstić information content (AvgIpc) is 3.09. The molecule has 9 heteroatoms. The molecule has 4 rings (SSSR count). The van der Waals surface area contributed by atoms with Crippen molar-refractivity contribution in [2.45, 2.75) is 56.8 Å². The van der Waals surface area contributed by atoms with E-state index < -0.39 is 17.3 Å². The van der Waals surface area contributed by atoms with Gasteiger partial charge in [0.15, 0.2) is 0 Å². The minimum absolute atomic E-state index is 0.0304. The number of nitrogens with zero attached hydrogens (tertiary/aromatic N) is 2. The fourth-order valence-corrected chi connectivity index (χ4v) is 5.33. The third-order valence-electron chi connectivity index (χ3n) is 7.36. The van der Waals surface area contributed by atoms with Gasteiger partial charge in [0, 0.05) is 39.0 Å². The summed E-state index contributed by atoms with van der Waals surface area (Å²) in [5.41, 5.74) is -0.274. The molecule has 3 fully saturated rings. The van der Waals surface area contributed by atoms with Crippen LogP contribution in [0.2, 0.25) is 0 Å². The summed E-state index contributed by atoms with van der Waals surface area (Å²) in [6.07, 6.45) is 0.232. The van der Waals surface area contributed by atoms with E-state index in [0.29, 0.717) is 38.4 Å². The molecule has 0 aromatic heterocycles. The Bertz CT molecular complexity index is 842. The van der Waals surface area contributed by atoms with Crippen LogP contribution in [0.1, 0.15) is 49.7 Å². The molecule has 2 aliphatic heterocycles. The number of piperidine rings is 1. The van der Waals surface area contributed by atoms with Gasteiger partial charge in [-0.1, -0.05) is 12.1 Å². The zero-order valence-corrected chi connectivity index (χ0v) is 18.9. The summed E-state index contributed by atoms with van der Waals surface area (Å²) in [5, 5.41) is 0. The van der Waals surface area contributed by atoms with Crippen molar-refractivity contribution >= 4 is 12.1 Å². The van der Waals surface area contributed by atoms with E-state index in [2.05, 4.69) is 4.90 Å². The van der Waals surface area contributed by atoms with Gasteiger partial charge < -0.3 is 14.4 Å². The van der Waals surface area contributed by atoms with Crippen LogP contribution in [0.4, 0.5) is 18.0 Å². The molecule has 0 radical (unpaired) electrons. The van der Waals surface area contributed by atoms with Crippen molar-refractivity contribution < 1.29 is 32.2 Å². The smallest absolute Gasteiger partial charge is 0.416 e. The van der Waals surface area contributed by atoms with E-state index in [-0.39, 0.29) is 18.0 Å². The van der Waals surface area contributed by atoms with E-state index in [4.69, 9.17) is 9.47 Å². The summed E-state index contributed by atoms with van der Waals surface area (Å²) in [4.78, 5) is 28.3. The van der Waals surface area contributed by atoms with Gasteiger partial charge in [0.2, 0.25) is 0 Å². The molecule has 2 heterocycles. The zero-order valence-electron chi connectivity index (χ0n) is 18.9. The quantitative estimate of drug-likeness (QED) is 0.597. The minimum Gasteiger partial charge on any atom is -0.469 e. The van der Waals surface area contributed by atoms with Crippen LogP contribution in [0, 0.1) is 11.8 Å². The lowest BCUT2D eigenvalue weighted by atomic mass is 9.81. The van der Waals surface area contributed by atoms with Crippen LogP contribution < -0.4 is 0 Å². The van der Waals surface area contributed by atoms with Crippen molar-refractivity contribution in [1.82, 2.24) is 9.80 Å². The van der Waals surface area contributed by atoms with Crippen molar-refractivity contribution in [3.63, 3.8) is 0 Å². The number of ether oxygens (including phenoxy) is 2. The summed E-state index contributed by atoms with van der Waals surface area (Å²) < 4.78 is 48.9. The van der Waals surface area contributed by atoms with Gasteiger partial charge in [0.25, 0.3) is 0 Å². The largest absolute Gasteiger partial charge is 0.469 e. The van der Waals surface area contributed by atoms with Crippen LogP contribution in [0.25, 0.3) is 0 Å². The number of amides is 1. The van der Waals surface area contributed by atoms with Crippen LogP contribution in [-0.4, -0.2) is 60.8 Å². The van der Waals surface area contributed by atoms with Crippen LogP contribution in [-0.2, 0) is 27.0 Å². The van der Waals surface area contributed by atoms with E-state index in [9.17, 15) is 22.8 Å². The first kappa shape index (κ1) is 23.9. The lowest BCUT2D eigenvalue weighted by Crippen LogP contribution is -2.46. The number of alkyl halides is 3. The lowest BCUT2D eigenvalue weighted by Gasteiger charge is -2.37. The zero-order chi connectivity index (χ0) is 23.6. The molecule has 0 N–H and O–H groups in total. The molecule has 0 atom stereocenters. The molecule has 1 aliphatic carbocycles. The maximum absolute atomic E-state index is 12.7. The number of likely N-dealkylation sites (tertiary alicyclic amines) is 1. The van der Waals surface area contributed by atoms with E-state index >= 15 is 0 Å². The van der Waals surface area contributed by atoms with Crippen LogP contribution in [0.3, 0.4) is 0 Å². The van der Waals surface area contributed by atoms with Gasteiger partial charge in [-0.3, -0.25) is 9.69 Å². The molecule has 33 heavy (non-hydrogen) atoms. The lowest BCUT2D eigenvalue weighted by molar-refractivity contribution is -0.146. The number of halogens is 3. The van der Waals surface area contributed by atoms with Gasteiger partial charge in [0.1, 0.15) is 5.60 Å². The molecule has 6 nitrogen and oxygen atoms in total. The van der Waals surface area contributed by atoms with Gasteiger partial charge in [0.05, 0.1) is 25.1 Å². The maximum Gasteiger partial charge on any atom is 0.416 e. The second-order valence-electron chi connectivity index (χ2n) is 9.64. The minimum atomic E-state index is -4.32. The van der Waals surface area contributed by atoms with Crippen molar-refractivity contribution in [3.05, 3.63) is 35.4 Å². The maximum atomic E-state index is 12.7. The summed E-state index contributed by atoms with van der Waals surface area (Å²) >= 11 is 0. The topological polar surface area (TPSA) is 59.1 Å². The number of esters is 1. The van der Waals surface area contributed by atoms with Gasteiger partial charge in [-0.15, -0.1) is 0 Å². The highest BCUT2D eigenvalue weighted by Gasteiger charge is 2.47. The Morgan fingerprint density at radius 2 is 1.76 bits per heavy atom. The van der Waals surface area contributed by atoms with Gasteiger partial charge in [-0.05, 0) is 49.3 Å². The van der Waals surface area contributed by atoms with E-state index in [1.807, 2.05) is 4.90 Å². The SMILES string of the molecule is COC(=O)[C@H]1CC[C@@H](CN2CC3(CCN(Cc4ccc(C(F)(F)F)cc4)CC3)OC2=O)CC1. The highest BCUT2D eigenvalue weighted by atomic mass is 19.4. The third-order valence-corrected chi connectivity index (χ3v) is 7.36. The number of benzene rings is 1. The predicted octanol–water partition coefficient (Wildman–Crippen LogP) is 4.47. The fourth-order valence-electron chi connectivity index (χ4n) is 5.33. The van der Waals surface area contributed by atoms with Gasteiger partial charge >= 0.3 is 18.2 Å². The van der Waals surface area contributed by atoms with Crippen molar-refractivity contribution in [1.29, 1.82) is 0 Å². The Hall–Kier alpha value is -2.29. The van der Waals surface area contributed by atoms with E-state index in [0.717, 1.165) is 56.5 Å². The standard InChI is InChI=1S/C24H31F3N2O4/c1-32-21(30)19-6-2-18(3-7-19)15-29-16-23(33-22(29)31)10-12-28(13-11-23)14-17-4-8-20(9-5-17)24(25,26)27/h4-5,8-9,18-19H,2-3,6-7,10-16H2,1H3/t18-,19+. The molecule has 1 aromatic carbocycles. The van der Waals surface area contributed by atoms with Crippen LogP contribution >= 0.6 is 0 Å². The molecule has 1 spiro atoms. The second kappa shape index (κ2) is 9.52. The van der Waals surface area contributed by atoms with Crippen molar-refractivity contribution in [2.24, 2.45) is 11.8 Å². The summed E-state index contributed by atoms with van der Waals surface area (Å²) in [5.74, 6) is 0.196. The Kier molecular flexibility index (Phi) is 6.88. The van der Waals surface area contributed by atoms with Crippen molar-refractivity contribution in [3.8, 4) is 0 Å². The normalized spacial score (nSPS) is 25.8. The first-order chi connectivity index (χ1) is 15.7. The number of methoxy groups -OCH3 is 1. The Morgan fingerprint density at radius 1 is 1.12 bits per heavy atom. The molecular formula is C24H31F3N2O4. The first-order valence-electron chi connectivity index (χ1n) is 11.6. The first-order valence-corrected chi connectivity index (χ1v) is 11.6. The molecule has 0 unspecified atom stereocenters. The van der Waals surface area contributed by atoms with Crippen LogP contribution in [0.15, 0.2) is 24.3 Å². The second-order valence-corrected chi connectivity index (χ2v) is 9.64. The summed E-state index contributed by atoms with van der Waals surface area (Å²) in [6, 6.07) is 5.30. The van der Waals surface area contributed by atoms with Crippen molar-refractivity contribution in [2.75, 3.05) is 33.3 Å². The number of carbonyl (C=O) groups excluding carboxylic acids is 2. The Labute approximate surface area is 192 Å². The van der Waals surface area contributed by atoms with E-state index in [1.54, 1.807) is 0 Å². The molecule has 182 valence electrons. The van der Waals surface area contributed by atoms with E-state index in [1.165, 1.54) is 19.2 Å². The predicted molar refractivity (Wildman–Crippen MR) is 114 cm³/mol. The van der Waals surface area contributed by atoms with Gasteiger partial charge in [-0.2, -0.15) is 13.2 Å². The van der Waals surface area contributed by atoms with Crippen LogP contribution in [0.5, 0.6) is 0 Å². The molecule has 3 aliphatic rings. The van der Waals surface area contributed by atoms with Gasteiger partial charge in [-0.25, -0.2) is 4.79 Å². The fraction of sp³-hybridized carbons (Fsp3) is 0.667. The number of carbonyl (C=O) groups is 2. The molecular weight excluding hydrogens is 437 g/mol. The summed E-state index contributed by atoms with van der Waals surface area (Å²) in [6.45, 7) is 3.27. The number of hydrogen-bond donors (Lipinski definition) is 0. The highest BCUT2D eigenvalue weighted by Crippen LogP contribution is 2.36. The molecule has 1 amide bonds. The number of rotatable bonds is 5. The number of hydrogen-bond acceptors (Lipinski definition) is 5. The third kappa shape index (κ3) is 5.62. The molecule has 2 saturated heterocycles.